The third kappa shape index (κ3) is 1.93. The van der Waals surface area contributed by atoms with E-state index in [2.05, 4.69) is 26.3 Å². The molecule has 1 heterocycles. The Labute approximate surface area is 63.4 Å². The first-order valence-corrected chi connectivity index (χ1v) is 4.00. The fourth-order valence-electron chi connectivity index (χ4n) is 1.00. The Bertz CT molecular complexity index is 140. The zero-order valence-corrected chi connectivity index (χ0v) is 7.29. The van der Waals surface area contributed by atoms with Crippen molar-refractivity contribution in [3.63, 3.8) is 0 Å². The number of rotatable bonds is 0. The summed E-state index contributed by atoms with van der Waals surface area (Å²) in [6, 6.07) is 0.354. The molecule has 0 aromatic heterocycles. The van der Waals surface area contributed by atoms with E-state index in [1.165, 1.54) is 0 Å². The van der Waals surface area contributed by atoms with E-state index in [1.54, 1.807) is 0 Å². The molecule has 3 nitrogen and oxygen atoms in total. The largest absolute Gasteiger partial charge is 0.355 e. The Morgan fingerprint density at radius 1 is 1.80 bits per heavy atom. The molecule has 58 valence electrons. The van der Waals surface area contributed by atoms with E-state index in [4.69, 9.17) is 0 Å². The van der Waals surface area contributed by atoms with Crippen LogP contribution in [0.4, 0.5) is 0 Å². The van der Waals surface area contributed by atoms with E-state index in [9.17, 15) is 4.79 Å². The molecular formula is C6H13N2OP. The summed E-state index contributed by atoms with van der Waals surface area (Å²) in [6.07, 6.45) is 0.615. The maximum Gasteiger partial charge on any atom is 0.221 e. The standard InChI is InChI=1S/C6H13N2OP/c1-5-4-6(9)7-2-3-8(5)10/h5H,2-4,10H2,1H3,(H,7,9). The van der Waals surface area contributed by atoms with Gasteiger partial charge >= 0.3 is 0 Å². The predicted octanol–water partition coefficient (Wildman–Crippen LogP) is -0.0131. The van der Waals surface area contributed by atoms with Crippen molar-refractivity contribution in [3.05, 3.63) is 0 Å². The van der Waals surface area contributed by atoms with Crippen LogP contribution >= 0.6 is 9.39 Å². The highest BCUT2D eigenvalue weighted by molar-refractivity contribution is 7.13. The molecule has 1 amide bonds. The molecule has 4 heteroatoms. The van der Waals surface area contributed by atoms with Gasteiger partial charge in [0, 0.05) is 25.6 Å². The van der Waals surface area contributed by atoms with E-state index in [-0.39, 0.29) is 5.91 Å². The number of hydrogen-bond donors (Lipinski definition) is 1. The summed E-state index contributed by atoms with van der Waals surface area (Å²) in [6.45, 7) is 3.75. The van der Waals surface area contributed by atoms with Crippen LogP contribution in [0.15, 0.2) is 0 Å². The fraction of sp³-hybridized carbons (Fsp3) is 0.833. The van der Waals surface area contributed by atoms with Crippen molar-refractivity contribution in [2.24, 2.45) is 0 Å². The topological polar surface area (TPSA) is 32.3 Å². The summed E-state index contributed by atoms with van der Waals surface area (Å²) in [5, 5.41) is 2.81. The van der Waals surface area contributed by atoms with Crippen LogP contribution in [0.5, 0.6) is 0 Å². The van der Waals surface area contributed by atoms with Gasteiger partial charge in [-0.25, -0.2) is 0 Å². The molecule has 2 unspecified atom stereocenters. The molecule has 0 spiro atoms. The molecule has 1 aliphatic heterocycles. The predicted molar refractivity (Wildman–Crippen MR) is 43.5 cm³/mol. The minimum atomic E-state index is 0.164. The molecular weight excluding hydrogens is 147 g/mol. The monoisotopic (exact) mass is 160 g/mol. The smallest absolute Gasteiger partial charge is 0.221 e. The first-order chi connectivity index (χ1) is 4.70. The van der Waals surface area contributed by atoms with Gasteiger partial charge in [0.2, 0.25) is 5.91 Å². The van der Waals surface area contributed by atoms with Crippen molar-refractivity contribution in [2.45, 2.75) is 19.4 Å². The normalized spacial score (nSPS) is 29.4. The van der Waals surface area contributed by atoms with E-state index < -0.39 is 0 Å². The van der Waals surface area contributed by atoms with E-state index in [0.29, 0.717) is 12.5 Å². The summed E-state index contributed by atoms with van der Waals surface area (Å²) in [5.74, 6) is 0.164. The van der Waals surface area contributed by atoms with Gasteiger partial charge in [0.15, 0.2) is 0 Å². The second-order valence-corrected chi connectivity index (χ2v) is 3.30. The molecule has 0 saturated carbocycles. The third-order valence-corrected chi connectivity index (χ3v) is 2.51. The number of carbonyl (C=O) groups is 1. The quantitative estimate of drug-likeness (QED) is 0.505. The molecule has 0 aromatic carbocycles. The molecule has 1 fully saturated rings. The molecule has 1 rings (SSSR count). The second kappa shape index (κ2) is 3.31. The summed E-state index contributed by atoms with van der Waals surface area (Å²) in [5.41, 5.74) is 0. The summed E-state index contributed by atoms with van der Waals surface area (Å²) in [4.78, 5) is 10.9. The van der Waals surface area contributed by atoms with E-state index >= 15 is 0 Å². The highest BCUT2D eigenvalue weighted by atomic mass is 31.0. The zero-order chi connectivity index (χ0) is 7.56. The molecule has 1 saturated heterocycles. The first-order valence-electron chi connectivity index (χ1n) is 3.48. The zero-order valence-electron chi connectivity index (χ0n) is 6.13. The van der Waals surface area contributed by atoms with Crippen LogP contribution in [0.2, 0.25) is 0 Å². The van der Waals surface area contributed by atoms with Crippen LogP contribution in [0.3, 0.4) is 0 Å². The maximum atomic E-state index is 10.9. The SMILES string of the molecule is CC1CC(=O)NCCN1P. The summed E-state index contributed by atoms with van der Waals surface area (Å²) < 4.78 is 2.11. The molecule has 2 atom stereocenters. The van der Waals surface area contributed by atoms with Gasteiger partial charge in [-0.05, 0) is 6.92 Å². The minimum Gasteiger partial charge on any atom is -0.355 e. The molecule has 0 bridgehead atoms. The van der Waals surface area contributed by atoms with Gasteiger partial charge in [0.05, 0.1) is 0 Å². The first kappa shape index (κ1) is 7.96. The summed E-state index contributed by atoms with van der Waals surface area (Å²) >= 11 is 0. The van der Waals surface area contributed by atoms with Gasteiger partial charge in [0.25, 0.3) is 0 Å². The Kier molecular flexibility index (Phi) is 2.64. The lowest BCUT2D eigenvalue weighted by Crippen LogP contribution is -2.24. The molecule has 0 aliphatic carbocycles. The minimum absolute atomic E-state index is 0.164. The lowest BCUT2D eigenvalue weighted by Gasteiger charge is -2.18. The molecule has 0 aromatic rings. The van der Waals surface area contributed by atoms with Gasteiger partial charge in [-0.2, -0.15) is 0 Å². The Morgan fingerprint density at radius 3 is 3.20 bits per heavy atom. The number of nitrogens with one attached hydrogen (secondary N) is 1. The van der Waals surface area contributed by atoms with E-state index in [0.717, 1.165) is 13.1 Å². The third-order valence-electron chi connectivity index (χ3n) is 1.74. The van der Waals surface area contributed by atoms with Crippen molar-refractivity contribution in [3.8, 4) is 0 Å². The van der Waals surface area contributed by atoms with Crippen molar-refractivity contribution >= 4 is 15.3 Å². The van der Waals surface area contributed by atoms with Crippen LogP contribution in [0.25, 0.3) is 0 Å². The van der Waals surface area contributed by atoms with Crippen LogP contribution < -0.4 is 5.32 Å². The maximum absolute atomic E-state index is 10.9. The molecule has 1 N–H and O–H groups in total. The van der Waals surface area contributed by atoms with Crippen LogP contribution in [0.1, 0.15) is 13.3 Å². The summed E-state index contributed by atoms with van der Waals surface area (Å²) in [7, 11) is 2.64. The highest BCUT2D eigenvalue weighted by Gasteiger charge is 2.16. The van der Waals surface area contributed by atoms with Gasteiger partial charge in [-0.3, -0.25) is 9.46 Å². The molecule has 10 heavy (non-hydrogen) atoms. The van der Waals surface area contributed by atoms with Crippen molar-refractivity contribution in [2.75, 3.05) is 13.1 Å². The number of carbonyl (C=O) groups excluding carboxylic acids is 1. The Morgan fingerprint density at radius 2 is 2.50 bits per heavy atom. The second-order valence-electron chi connectivity index (χ2n) is 2.64. The Hall–Kier alpha value is -0.140. The van der Waals surface area contributed by atoms with Gasteiger partial charge in [-0.1, -0.05) is 9.39 Å². The van der Waals surface area contributed by atoms with Crippen LogP contribution in [-0.4, -0.2) is 29.7 Å². The van der Waals surface area contributed by atoms with E-state index in [1.807, 2.05) is 0 Å². The van der Waals surface area contributed by atoms with Crippen molar-refractivity contribution in [1.29, 1.82) is 0 Å². The lowest BCUT2D eigenvalue weighted by atomic mass is 10.2. The highest BCUT2D eigenvalue weighted by Crippen LogP contribution is 2.10. The molecule has 0 radical (unpaired) electrons. The van der Waals surface area contributed by atoms with Gasteiger partial charge in [-0.15, -0.1) is 0 Å². The lowest BCUT2D eigenvalue weighted by molar-refractivity contribution is -0.121. The Balaban J connectivity index is 2.49. The van der Waals surface area contributed by atoms with Gasteiger partial charge < -0.3 is 5.32 Å². The average molecular weight is 160 g/mol. The van der Waals surface area contributed by atoms with Crippen LogP contribution in [0, 0.1) is 0 Å². The van der Waals surface area contributed by atoms with Crippen molar-refractivity contribution < 1.29 is 4.79 Å². The number of hydrogen-bond acceptors (Lipinski definition) is 2. The van der Waals surface area contributed by atoms with Crippen molar-refractivity contribution in [1.82, 2.24) is 9.99 Å². The van der Waals surface area contributed by atoms with Gasteiger partial charge in [0.1, 0.15) is 0 Å². The van der Waals surface area contributed by atoms with Crippen LogP contribution in [-0.2, 0) is 4.79 Å². The molecule has 1 aliphatic rings. The number of nitrogens with zero attached hydrogens (tertiary/aromatic N) is 1. The number of amides is 1. The fourth-order valence-corrected chi connectivity index (χ4v) is 1.24. The average Bonchev–Trinajstić information content (AvgIpc) is 1.96.